The molecule has 0 fully saturated rings. The minimum absolute atomic E-state index is 0.0825. The molecule has 1 unspecified atom stereocenters. The Hall–Kier alpha value is -3.05. The Morgan fingerprint density at radius 2 is 1.55 bits per heavy atom. The molecular formula is C28H30N2O2S. The first-order valence-corrected chi connectivity index (χ1v) is 12.5. The molecule has 1 atom stereocenters. The molecule has 0 amide bonds. The number of imidazole rings is 1. The molecule has 1 heterocycles. The van der Waals surface area contributed by atoms with Gasteiger partial charge in [0.05, 0.1) is 17.1 Å². The number of aromatic nitrogens is 2. The second kappa shape index (κ2) is 11.2. The molecule has 4 aromatic rings. The zero-order valence-corrected chi connectivity index (χ0v) is 20.0. The first-order chi connectivity index (χ1) is 16.2. The van der Waals surface area contributed by atoms with Crippen molar-refractivity contribution in [3.05, 3.63) is 96.1 Å². The summed E-state index contributed by atoms with van der Waals surface area (Å²) < 4.78 is 7.53. The Balaban J connectivity index is 1.53. The van der Waals surface area contributed by atoms with Crippen LogP contribution < -0.4 is 0 Å². The van der Waals surface area contributed by atoms with Gasteiger partial charge in [0, 0.05) is 11.7 Å². The van der Waals surface area contributed by atoms with E-state index in [4.69, 9.17) is 9.72 Å². The molecule has 0 aliphatic heterocycles. The highest BCUT2D eigenvalue weighted by atomic mass is 32.2. The van der Waals surface area contributed by atoms with Crippen molar-refractivity contribution < 1.29 is 9.53 Å². The Bertz CT molecular complexity index is 1130. The molecule has 5 heteroatoms. The van der Waals surface area contributed by atoms with Crippen molar-refractivity contribution in [2.45, 2.75) is 50.4 Å². The van der Waals surface area contributed by atoms with Gasteiger partial charge in [-0.3, -0.25) is 4.79 Å². The van der Waals surface area contributed by atoms with Crippen LogP contribution in [0.25, 0.3) is 11.0 Å². The highest BCUT2D eigenvalue weighted by Crippen LogP contribution is 2.32. The lowest BCUT2D eigenvalue weighted by Crippen LogP contribution is -2.19. The summed E-state index contributed by atoms with van der Waals surface area (Å²) in [6, 6.07) is 29.3. The fourth-order valence-corrected chi connectivity index (χ4v) is 4.97. The highest BCUT2D eigenvalue weighted by molar-refractivity contribution is 7.99. The van der Waals surface area contributed by atoms with Gasteiger partial charge in [0.1, 0.15) is 6.54 Å². The van der Waals surface area contributed by atoms with Gasteiger partial charge in [0.2, 0.25) is 0 Å². The third-order valence-corrected chi connectivity index (χ3v) is 6.87. The molecule has 0 saturated carbocycles. The Kier molecular flexibility index (Phi) is 7.84. The third kappa shape index (κ3) is 5.85. The summed E-state index contributed by atoms with van der Waals surface area (Å²) in [7, 11) is 0. The number of ether oxygens (including phenoxy) is 1. The maximum absolute atomic E-state index is 12.5. The largest absolute Gasteiger partial charge is 0.461 e. The lowest BCUT2D eigenvalue weighted by molar-refractivity contribution is -0.149. The van der Waals surface area contributed by atoms with Crippen LogP contribution >= 0.6 is 11.8 Å². The molecule has 4 rings (SSSR count). The monoisotopic (exact) mass is 458 g/mol. The van der Waals surface area contributed by atoms with E-state index in [1.807, 2.05) is 42.7 Å². The predicted octanol–water partition coefficient (Wildman–Crippen LogP) is 6.69. The number of esters is 1. The summed E-state index contributed by atoms with van der Waals surface area (Å²) in [5.74, 6) is 0.979. The molecule has 4 nitrogen and oxygen atoms in total. The van der Waals surface area contributed by atoms with Crippen LogP contribution in [0.5, 0.6) is 0 Å². The number of thioether (sulfide) groups is 1. The number of fused-ring (bicyclic) bond motifs is 1. The second-order valence-electron chi connectivity index (χ2n) is 8.19. The highest BCUT2D eigenvalue weighted by Gasteiger charge is 2.18. The molecular weight excluding hydrogens is 428 g/mol. The van der Waals surface area contributed by atoms with E-state index >= 15 is 0 Å². The van der Waals surface area contributed by atoms with E-state index in [0.29, 0.717) is 5.92 Å². The molecule has 0 radical (unpaired) electrons. The quantitative estimate of drug-likeness (QED) is 0.196. The number of carbonyl (C=O) groups excluding carboxylic acids is 1. The van der Waals surface area contributed by atoms with Crippen LogP contribution in [0.3, 0.4) is 0 Å². The maximum atomic E-state index is 12.5. The smallest absolute Gasteiger partial charge is 0.326 e. The first kappa shape index (κ1) is 23.1. The second-order valence-corrected chi connectivity index (χ2v) is 9.25. The molecule has 33 heavy (non-hydrogen) atoms. The molecule has 0 spiro atoms. The lowest BCUT2D eigenvalue weighted by atomic mass is 9.89. The number of nitrogens with zero attached hydrogens (tertiary/aromatic N) is 2. The Morgan fingerprint density at radius 1 is 0.939 bits per heavy atom. The average molecular weight is 459 g/mol. The van der Waals surface area contributed by atoms with Crippen molar-refractivity contribution in [2.24, 2.45) is 0 Å². The number of carbonyl (C=O) groups is 1. The van der Waals surface area contributed by atoms with Crippen molar-refractivity contribution in [1.82, 2.24) is 9.55 Å². The molecule has 1 aromatic heterocycles. The summed E-state index contributed by atoms with van der Waals surface area (Å²) >= 11 is 1.70. The summed E-state index contributed by atoms with van der Waals surface area (Å²) in [5, 5.41) is 0.858. The van der Waals surface area contributed by atoms with Gasteiger partial charge in [-0.1, -0.05) is 91.5 Å². The minimum Gasteiger partial charge on any atom is -0.461 e. The van der Waals surface area contributed by atoms with Gasteiger partial charge in [0.15, 0.2) is 5.16 Å². The third-order valence-electron chi connectivity index (χ3n) is 5.86. The fraction of sp³-hybridized carbons (Fsp3) is 0.286. The van der Waals surface area contributed by atoms with E-state index < -0.39 is 0 Å². The predicted molar refractivity (Wildman–Crippen MR) is 136 cm³/mol. The van der Waals surface area contributed by atoms with Crippen molar-refractivity contribution in [2.75, 3.05) is 5.75 Å². The van der Waals surface area contributed by atoms with Crippen LogP contribution in [0.15, 0.2) is 90.1 Å². The molecule has 0 saturated heterocycles. The summed E-state index contributed by atoms with van der Waals surface area (Å²) in [4.78, 5) is 17.4. The van der Waals surface area contributed by atoms with E-state index in [9.17, 15) is 4.79 Å². The van der Waals surface area contributed by atoms with Crippen LogP contribution in [0.1, 0.15) is 43.7 Å². The minimum atomic E-state index is -0.221. The summed E-state index contributed by atoms with van der Waals surface area (Å²) in [5.41, 5.74) is 4.49. The number of rotatable bonds is 10. The lowest BCUT2D eigenvalue weighted by Gasteiger charge is -2.18. The van der Waals surface area contributed by atoms with E-state index in [1.54, 1.807) is 11.8 Å². The van der Waals surface area contributed by atoms with Gasteiger partial charge in [-0.2, -0.15) is 0 Å². The van der Waals surface area contributed by atoms with Crippen LogP contribution in [-0.4, -0.2) is 27.4 Å². The van der Waals surface area contributed by atoms with Crippen molar-refractivity contribution in [3.63, 3.8) is 0 Å². The van der Waals surface area contributed by atoms with E-state index in [0.717, 1.165) is 34.8 Å². The van der Waals surface area contributed by atoms with Gasteiger partial charge in [-0.15, -0.1) is 0 Å². The normalized spacial score (nSPS) is 12.2. The zero-order valence-electron chi connectivity index (χ0n) is 19.2. The van der Waals surface area contributed by atoms with Crippen LogP contribution in [-0.2, 0) is 16.1 Å². The van der Waals surface area contributed by atoms with Crippen LogP contribution in [0.4, 0.5) is 0 Å². The van der Waals surface area contributed by atoms with Crippen molar-refractivity contribution in [3.8, 4) is 0 Å². The van der Waals surface area contributed by atoms with Gasteiger partial charge >= 0.3 is 5.97 Å². The van der Waals surface area contributed by atoms with E-state index in [2.05, 4.69) is 60.7 Å². The van der Waals surface area contributed by atoms with Gasteiger partial charge in [0.25, 0.3) is 0 Å². The molecule has 0 N–H and O–H groups in total. The number of hydrogen-bond donors (Lipinski definition) is 0. The molecule has 170 valence electrons. The van der Waals surface area contributed by atoms with Gasteiger partial charge in [-0.25, -0.2) is 4.98 Å². The topological polar surface area (TPSA) is 44.1 Å². The Morgan fingerprint density at radius 3 is 2.18 bits per heavy atom. The SMILES string of the molecule is CCC(C)OC(=O)Cn1c(SCCC(c2ccccc2)c2ccccc2)nc2ccccc21. The van der Waals surface area contributed by atoms with Crippen molar-refractivity contribution >= 4 is 28.8 Å². The number of para-hydroxylation sites is 2. The van der Waals surface area contributed by atoms with Gasteiger partial charge < -0.3 is 9.30 Å². The number of benzene rings is 3. The summed E-state index contributed by atoms with van der Waals surface area (Å²) in [6.07, 6.45) is 1.69. The van der Waals surface area contributed by atoms with Crippen LogP contribution in [0.2, 0.25) is 0 Å². The molecule has 3 aromatic carbocycles. The fourth-order valence-electron chi connectivity index (χ4n) is 3.96. The average Bonchev–Trinajstić information content (AvgIpc) is 3.19. The molecule has 0 aliphatic carbocycles. The maximum Gasteiger partial charge on any atom is 0.326 e. The standard InChI is InChI=1S/C28H30N2O2S/c1-3-21(2)32-27(31)20-30-26-17-11-10-16-25(26)29-28(30)33-19-18-24(22-12-6-4-7-13-22)23-14-8-5-9-15-23/h4-17,21,24H,3,18-20H2,1-2H3. The zero-order chi connectivity index (χ0) is 23.0. The van der Waals surface area contributed by atoms with Gasteiger partial charge in [-0.05, 0) is 43.0 Å². The van der Waals surface area contributed by atoms with Crippen molar-refractivity contribution in [1.29, 1.82) is 0 Å². The van der Waals surface area contributed by atoms with Crippen LogP contribution in [0, 0.1) is 0 Å². The molecule has 0 bridgehead atoms. The Labute approximate surface area is 200 Å². The van der Waals surface area contributed by atoms with E-state index in [1.165, 1.54) is 11.1 Å². The first-order valence-electron chi connectivity index (χ1n) is 11.5. The summed E-state index contributed by atoms with van der Waals surface area (Å²) in [6.45, 7) is 4.11. The number of hydrogen-bond acceptors (Lipinski definition) is 4. The molecule has 0 aliphatic rings. The van der Waals surface area contributed by atoms with E-state index in [-0.39, 0.29) is 18.6 Å².